The van der Waals surface area contributed by atoms with E-state index in [9.17, 15) is 0 Å². The van der Waals surface area contributed by atoms with Crippen LogP contribution >= 0.6 is 0 Å². The molecule has 49 heavy (non-hydrogen) atoms. The quantitative estimate of drug-likeness (QED) is 0.194. The molecular formula is C45H30N2O2. The van der Waals surface area contributed by atoms with Crippen molar-refractivity contribution in [3.8, 4) is 56.3 Å². The minimum absolute atomic E-state index is 0.0864. The first-order chi connectivity index (χ1) is 24.0. The zero-order chi connectivity index (χ0) is 32.7. The lowest BCUT2D eigenvalue weighted by Gasteiger charge is -2.22. The lowest BCUT2D eigenvalue weighted by atomic mass is 9.81. The van der Waals surface area contributed by atoms with Crippen LogP contribution in [-0.4, -0.2) is 9.97 Å². The van der Waals surface area contributed by atoms with Crippen molar-refractivity contribution in [1.82, 2.24) is 9.97 Å². The summed E-state index contributed by atoms with van der Waals surface area (Å²) in [6.07, 6.45) is 0. The van der Waals surface area contributed by atoms with E-state index >= 15 is 0 Å². The number of hydrogen-bond acceptors (Lipinski definition) is 4. The summed E-state index contributed by atoms with van der Waals surface area (Å²) in [6.45, 7) is 4.69. The molecule has 0 unspecified atom stereocenters. The Labute approximate surface area is 283 Å². The molecule has 0 N–H and O–H groups in total. The van der Waals surface area contributed by atoms with Crippen molar-refractivity contribution in [3.05, 3.63) is 157 Å². The molecule has 0 fully saturated rings. The van der Waals surface area contributed by atoms with Gasteiger partial charge in [0.05, 0.1) is 0 Å². The molecule has 9 aromatic rings. The summed E-state index contributed by atoms with van der Waals surface area (Å²) in [7, 11) is 0. The zero-order valence-corrected chi connectivity index (χ0v) is 27.1. The minimum Gasteiger partial charge on any atom is -0.436 e. The van der Waals surface area contributed by atoms with Crippen LogP contribution in [0.4, 0.5) is 0 Å². The van der Waals surface area contributed by atoms with Gasteiger partial charge in [-0.25, -0.2) is 9.97 Å². The molecule has 2 heterocycles. The van der Waals surface area contributed by atoms with E-state index in [1.54, 1.807) is 0 Å². The highest BCUT2D eigenvalue weighted by molar-refractivity contribution is 6.02. The maximum absolute atomic E-state index is 6.21. The zero-order valence-electron chi connectivity index (χ0n) is 27.1. The number of rotatable bonds is 4. The van der Waals surface area contributed by atoms with Crippen LogP contribution in [0.5, 0.6) is 0 Å². The van der Waals surface area contributed by atoms with Gasteiger partial charge >= 0.3 is 0 Å². The molecule has 232 valence electrons. The average Bonchev–Trinajstić information content (AvgIpc) is 3.84. The maximum Gasteiger partial charge on any atom is 0.227 e. The molecule has 0 saturated carbocycles. The summed E-state index contributed by atoms with van der Waals surface area (Å²) in [5, 5.41) is 2.60. The van der Waals surface area contributed by atoms with Crippen molar-refractivity contribution in [1.29, 1.82) is 0 Å². The van der Waals surface area contributed by atoms with Gasteiger partial charge < -0.3 is 8.83 Å². The van der Waals surface area contributed by atoms with Crippen LogP contribution in [0.2, 0.25) is 0 Å². The molecule has 0 aliphatic heterocycles. The second-order valence-corrected chi connectivity index (χ2v) is 13.4. The topological polar surface area (TPSA) is 52.1 Å². The monoisotopic (exact) mass is 630 g/mol. The lowest BCUT2D eigenvalue weighted by molar-refractivity contribution is 0.617. The van der Waals surface area contributed by atoms with Gasteiger partial charge in [-0.05, 0) is 104 Å². The van der Waals surface area contributed by atoms with Crippen LogP contribution in [0, 0.1) is 0 Å². The van der Waals surface area contributed by atoms with Crippen LogP contribution in [0.25, 0.3) is 89.3 Å². The fraction of sp³-hybridized carbons (Fsp3) is 0.0667. The maximum atomic E-state index is 6.21. The van der Waals surface area contributed by atoms with E-state index in [-0.39, 0.29) is 5.41 Å². The largest absolute Gasteiger partial charge is 0.436 e. The highest BCUT2D eigenvalue weighted by Gasteiger charge is 2.36. The highest BCUT2D eigenvalue weighted by Crippen LogP contribution is 2.52. The van der Waals surface area contributed by atoms with Crippen LogP contribution in [0.15, 0.2) is 154 Å². The van der Waals surface area contributed by atoms with E-state index in [4.69, 9.17) is 18.8 Å². The Morgan fingerprint density at radius 2 is 1.00 bits per heavy atom. The number of hydrogen-bond donors (Lipinski definition) is 0. The second kappa shape index (κ2) is 10.4. The Balaban J connectivity index is 1.06. The van der Waals surface area contributed by atoms with Crippen LogP contribution in [0.3, 0.4) is 0 Å². The third-order valence-electron chi connectivity index (χ3n) is 10.1. The van der Waals surface area contributed by atoms with Gasteiger partial charge in [-0.1, -0.05) is 111 Å². The van der Waals surface area contributed by atoms with Gasteiger partial charge in [0.1, 0.15) is 11.0 Å². The summed E-state index contributed by atoms with van der Waals surface area (Å²) >= 11 is 0. The van der Waals surface area contributed by atoms with E-state index in [1.165, 1.54) is 44.2 Å². The third kappa shape index (κ3) is 4.38. The van der Waals surface area contributed by atoms with E-state index < -0.39 is 0 Å². The molecule has 0 saturated heterocycles. The van der Waals surface area contributed by atoms with Gasteiger partial charge in [-0.15, -0.1) is 0 Å². The predicted molar refractivity (Wildman–Crippen MR) is 198 cm³/mol. The number of aromatic nitrogens is 2. The first-order valence-corrected chi connectivity index (χ1v) is 16.6. The molecule has 0 radical (unpaired) electrons. The van der Waals surface area contributed by atoms with Crippen molar-refractivity contribution in [2.45, 2.75) is 19.3 Å². The number of benzene rings is 7. The molecule has 0 atom stereocenters. The normalized spacial score (nSPS) is 13.3. The van der Waals surface area contributed by atoms with Gasteiger partial charge in [0.2, 0.25) is 11.8 Å². The Morgan fingerprint density at radius 1 is 0.449 bits per heavy atom. The van der Waals surface area contributed by atoms with Crippen LogP contribution < -0.4 is 0 Å². The standard InChI is InChI=1S/C45H30N2O2/c1-45(2)36-22-20-29-9-3-4-10-34(29)42(36)35-21-19-30(26-37(35)45)27-15-17-28(18-16-27)31-23-32(43-46-38-11-5-7-13-40(38)48-43)25-33(24-31)44-47-39-12-6-8-14-41(39)49-44/h3-26H,1-2H3. The predicted octanol–water partition coefficient (Wildman–Crippen LogP) is 12.1. The summed E-state index contributed by atoms with van der Waals surface area (Å²) < 4.78 is 12.4. The molecular weight excluding hydrogens is 601 g/mol. The summed E-state index contributed by atoms with van der Waals surface area (Å²) in [4.78, 5) is 9.61. The van der Waals surface area contributed by atoms with Crippen molar-refractivity contribution in [3.63, 3.8) is 0 Å². The van der Waals surface area contributed by atoms with E-state index in [2.05, 4.69) is 105 Å². The Kier molecular flexibility index (Phi) is 5.89. The van der Waals surface area contributed by atoms with Gasteiger partial charge in [-0.3, -0.25) is 0 Å². The highest BCUT2D eigenvalue weighted by atomic mass is 16.4. The summed E-state index contributed by atoms with van der Waals surface area (Å²) in [5.41, 5.74) is 14.8. The minimum atomic E-state index is -0.0864. The van der Waals surface area contributed by atoms with Gasteiger partial charge in [0.15, 0.2) is 11.2 Å². The first kappa shape index (κ1) is 27.8. The van der Waals surface area contributed by atoms with Gasteiger partial charge in [0.25, 0.3) is 0 Å². The number of fused-ring (bicyclic) bond motifs is 7. The Morgan fingerprint density at radius 3 is 1.65 bits per heavy atom. The lowest BCUT2D eigenvalue weighted by Crippen LogP contribution is -2.15. The fourth-order valence-corrected chi connectivity index (χ4v) is 7.57. The summed E-state index contributed by atoms with van der Waals surface area (Å²) in [6, 6.07) is 51.0. The first-order valence-electron chi connectivity index (χ1n) is 16.6. The molecule has 10 rings (SSSR count). The van der Waals surface area contributed by atoms with Crippen LogP contribution in [0.1, 0.15) is 25.0 Å². The van der Waals surface area contributed by atoms with Crippen LogP contribution in [-0.2, 0) is 5.41 Å². The van der Waals surface area contributed by atoms with Crippen molar-refractivity contribution in [2.75, 3.05) is 0 Å². The second-order valence-electron chi connectivity index (χ2n) is 13.4. The van der Waals surface area contributed by atoms with Crippen molar-refractivity contribution < 1.29 is 8.83 Å². The number of para-hydroxylation sites is 4. The van der Waals surface area contributed by atoms with Gasteiger partial charge in [0, 0.05) is 16.5 Å². The molecule has 1 aliphatic carbocycles. The SMILES string of the molecule is CC1(C)c2cc(-c3ccc(-c4cc(-c5nc6ccccc6o5)cc(-c5nc6ccccc6o5)c4)cc3)ccc2-c2c1ccc1ccccc21. The fourth-order valence-electron chi connectivity index (χ4n) is 7.57. The molecule has 2 aromatic heterocycles. The van der Waals surface area contributed by atoms with E-state index in [0.717, 1.165) is 44.5 Å². The number of oxazole rings is 2. The molecule has 0 bridgehead atoms. The molecule has 4 nitrogen and oxygen atoms in total. The Hall–Kier alpha value is -6.26. The Bertz CT molecular complexity index is 2590. The summed E-state index contributed by atoms with van der Waals surface area (Å²) in [5.74, 6) is 1.12. The molecule has 0 amide bonds. The van der Waals surface area contributed by atoms with Crippen molar-refractivity contribution >= 4 is 33.0 Å². The van der Waals surface area contributed by atoms with Crippen molar-refractivity contribution in [2.24, 2.45) is 0 Å². The molecule has 0 spiro atoms. The van der Waals surface area contributed by atoms with Gasteiger partial charge in [-0.2, -0.15) is 0 Å². The molecule has 7 aromatic carbocycles. The smallest absolute Gasteiger partial charge is 0.227 e. The van der Waals surface area contributed by atoms with E-state index in [0.29, 0.717) is 11.8 Å². The average molecular weight is 631 g/mol. The van der Waals surface area contributed by atoms with E-state index in [1.807, 2.05) is 54.6 Å². The molecule has 1 aliphatic rings. The third-order valence-corrected chi connectivity index (χ3v) is 10.1. The molecule has 4 heteroatoms. The number of nitrogens with zero attached hydrogens (tertiary/aromatic N) is 2.